The zero-order valence-corrected chi connectivity index (χ0v) is 9.96. The molecule has 1 atom stereocenters. The average molecular weight is 214 g/mol. The van der Waals surface area contributed by atoms with Crippen molar-refractivity contribution in [2.75, 3.05) is 0 Å². The molecule has 84 valence electrons. The molecule has 0 amide bonds. The maximum absolute atomic E-state index is 5.51. The van der Waals surface area contributed by atoms with E-state index in [9.17, 15) is 0 Å². The van der Waals surface area contributed by atoms with Gasteiger partial charge in [-0.05, 0) is 44.7 Å². The van der Waals surface area contributed by atoms with E-state index in [1.165, 1.54) is 17.7 Å². The van der Waals surface area contributed by atoms with Crippen LogP contribution in [-0.4, -0.2) is 10.5 Å². The van der Waals surface area contributed by atoms with Crippen molar-refractivity contribution in [2.45, 2.75) is 44.7 Å². The number of nitrogens with one attached hydrogen (secondary N) is 1. The van der Waals surface area contributed by atoms with E-state index in [1.807, 2.05) is 26.1 Å². The minimum absolute atomic E-state index is 0.267. The van der Waals surface area contributed by atoms with Gasteiger partial charge in [0.2, 0.25) is 0 Å². The standard InChI is InChI=1S/C14H18N2/c1-4-14(2,3)16-12-9-5-7-11-8-6-10-15-13(11)12/h1,6,8,10,12,16H,5,7,9H2,2-3H3. The van der Waals surface area contributed by atoms with Gasteiger partial charge in [0.1, 0.15) is 0 Å². The summed E-state index contributed by atoms with van der Waals surface area (Å²) < 4.78 is 0. The van der Waals surface area contributed by atoms with Crippen molar-refractivity contribution in [3.05, 3.63) is 29.6 Å². The van der Waals surface area contributed by atoms with Crippen molar-refractivity contribution in [2.24, 2.45) is 0 Å². The number of nitrogens with zero attached hydrogens (tertiary/aromatic N) is 1. The zero-order valence-electron chi connectivity index (χ0n) is 9.96. The smallest absolute Gasteiger partial charge is 0.0746 e. The second-order valence-electron chi connectivity index (χ2n) is 4.91. The Balaban J connectivity index is 2.23. The van der Waals surface area contributed by atoms with Crippen LogP contribution in [0.4, 0.5) is 0 Å². The van der Waals surface area contributed by atoms with E-state index < -0.39 is 0 Å². The van der Waals surface area contributed by atoms with Crippen LogP contribution >= 0.6 is 0 Å². The Kier molecular flexibility index (Phi) is 2.98. The maximum Gasteiger partial charge on any atom is 0.0746 e. The molecule has 0 radical (unpaired) electrons. The summed E-state index contributed by atoms with van der Waals surface area (Å²) in [6.45, 7) is 4.06. The van der Waals surface area contributed by atoms with Crippen molar-refractivity contribution in [3.63, 3.8) is 0 Å². The molecule has 0 fully saturated rings. The highest BCUT2D eigenvalue weighted by molar-refractivity contribution is 5.26. The van der Waals surface area contributed by atoms with E-state index in [2.05, 4.69) is 22.3 Å². The van der Waals surface area contributed by atoms with Crippen LogP contribution in [-0.2, 0) is 6.42 Å². The number of rotatable bonds is 2. The molecule has 16 heavy (non-hydrogen) atoms. The molecule has 2 heteroatoms. The molecule has 1 aliphatic rings. The van der Waals surface area contributed by atoms with Crippen molar-refractivity contribution in [1.82, 2.24) is 10.3 Å². The summed E-state index contributed by atoms with van der Waals surface area (Å²) in [6.07, 6.45) is 10.8. The number of pyridine rings is 1. The second kappa shape index (κ2) is 4.27. The summed E-state index contributed by atoms with van der Waals surface area (Å²) in [5.41, 5.74) is 2.27. The van der Waals surface area contributed by atoms with Crippen LogP contribution in [0, 0.1) is 12.3 Å². The molecule has 0 saturated heterocycles. The Morgan fingerprint density at radius 1 is 1.56 bits per heavy atom. The summed E-state index contributed by atoms with van der Waals surface area (Å²) in [7, 11) is 0. The molecule has 0 bridgehead atoms. The van der Waals surface area contributed by atoms with E-state index in [4.69, 9.17) is 6.42 Å². The quantitative estimate of drug-likeness (QED) is 0.765. The van der Waals surface area contributed by atoms with Crippen LogP contribution < -0.4 is 5.32 Å². The van der Waals surface area contributed by atoms with Crippen LogP contribution in [0.1, 0.15) is 44.0 Å². The first kappa shape index (κ1) is 11.2. The van der Waals surface area contributed by atoms with E-state index >= 15 is 0 Å². The molecule has 0 spiro atoms. The monoisotopic (exact) mass is 214 g/mol. The molecule has 0 aliphatic heterocycles. The highest BCUT2D eigenvalue weighted by Gasteiger charge is 2.26. The Morgan fingerprint density at radius 3 is 3.12 bits per heavy atom. The third-order valence-electron chi connectivity index (χ3n) is 3.09. The highest BCUT2D eigenvalue weighted by Crippen LogP contribution is 2.29. The third kappa shape index (κ3) is 2.25. The highest BCUT2D eigenvalue weighted by atomic mass is 15.0. The fourth-order valence-electron chi connectivity index (χ4n) is 2.23. The van der Waals surface area contributed by atoms with Crippen LogP contribution in [0.15, 0.2) is 18.3 Å². The van der Waals surface area contributed by atoms with Crippen LogP contribution in [0.5, 0.6) is 0 Å². The lowest BCUT2D eigenvalue weighted by molar-refractivity contribution is 0.368. The van der Waals surface area contributed by atoms with Crippen molar-refractivity contribution in [3.8, 4) is 12.3 Å². The number of hydrogen-bond donors (Lipinski definition) is 1. The van der Waals surface area contributed by atoms with Gasteiger partial charge in [0.25, 0.3) is 0 Å². The number of aryl methyl sites for hydroxylation is 1. The lowest BCUT2D eigenvalue weighted by Gasteiger charge is -2.31. The molecular weight excluding hydrogens is 196 g/mol. The Labute approximate surface area is 97.5 Å². The second-order valence-corrected chi connectivity index (χ2v) is 4.91. The molecule has 2 rings (SSSR count). The van der Waals surface area contributed by atoms with Crippen molar-refractivity contribution < 1.29 is 0 Å². The van der Waals surface area contributed by atoms with Gasteiger partial charge in [-0.1, -0.05) is 12.0 Å². The molecule has 0 saturated carbocycles. The van der Waals surface area contributed by atoms with Gasteiger partial charge in [-0.25, -0.2) is 0 Å². The molecule has 1 unspecified atom stereocenters. The SMILES string of the molecule is C#CC(C)(C)NC1CCCc2cccnc21. The Hall–Kier alpha value is -1.33. The van der Waals surface area contributed by atoms with E-state index in [0.717, 1.165) is 12.8 Å². The Bertz CT molecular complexity index is 415. The first-order chi connectivity index (χ1) is 7.62. The lowest BCUT2D eigenvalue weighted by Crippen LogP contribution is -2.41. The van der Waals surface area contributed by atoms with Gasteiger partial charge in [-0.2, -0.15) is 0 Å². The normalized spacial score (nSPS) is 19.9. The topological polar surface area (TPSA) is 24.9 Å². The zero-order chi connectivity index (χ0) is 11.6. The number of hydrogen-bond acceptors (Lipinski definition) is 2. The van der Waals surface area contributed by atoms with Gasteiger partial charge < -0.3 is 0 Å². The number of fused-ring (bicyclic) bond motifs is 1. The maximum atomic E-state index is 5.51. The number of terminal acetylenes is 1. The minimum atomic E-state index is -0.267. The fraction of sp³-hybridized carbons (Fsp3) is 0.500. The van der Waals surface area contributed by atoms with E-state index in [1.54, 1.807) is 0 Å². The Morgan fingerprint density at radius 2 is 2.38 bits per heavy atom. The summed E-state index contributed by atoms with van der Waals surface area (Å²) in [4.78, 5) is 4.49. The van der Waals surface area contributed by atoms with Crippen LogP contribution in [0.25, 0.3) is 0 Å². The largest absolute Gasteiger partial charge is 0.293 e. The van der Waals surface area contributed by atoms with E-state index in [0.29, 0.717) is 6.04 Å². The fourth-order valence-corrected chi connectivity index (χ4v) is 2.23. The molecule has 0 aromatic carbocycles. The molecular formula is C14H18N2. The summed E-state index contributed by atoms with van der Waals surface area (Å²) in [6, 6.07) is 4.48. The van der Waals surface area contributed by atoms with Crippen LogP contribution in [0.3, 0.4) is 0 Å². The first-order valence-electron chi connectivity index (χ1n) is 5.81. The minimum Gasteiger partial charge on any atom is -0.293 e. The summed E-state index contributed by atoms with van der Waals surface area (Å²) in [5, 5.41) is 3.50. The third-order valence-corrected chi connectivity index (χ3v) is 3.09. The van der Waals surface area contributed by atoms with Gasteiger partial charge in [-0.3, -0.25) is 10.3 Å². The summed E-state index contributed by atoms with van der Waals surface area (Å²) in [5.74, 6) is 2.78. The molecule has 1 aromatic rings. The van der Waals surface area contributed by atoms with Crippen molar-refractivity contribution >= 4 is 0 Å². The van der Waals surface area contributed by atoms with Gasteiger partial charge >= 0.3 is 0 Å². The van der Waals surface area contributed by atoms with Crippen molar-refractivity contribution in [1.29, 1.82) is 0 Å². The van der Waals surface area contributed by atoms with Crippen LogP contribution in [0.2, 0.25) is 0 Å². The van der Waals surface area contributed by atoms with Gasteiger partial charge in [0.15, 0.2) is 0 Å². The predicted octanol–water partition coefficient (Wildman–Crippen LogP) is 2.46. The summed E-state index contributed by atoms with van der Waals surface area (Å²) >= 11 is 0. The van der Waals surface area contributed by atoms with E-state index in [-0.39, 0.29) is 5.54 Å². The molecule has 1 N–H and O–H groups in total. The average Bonchev–Trinajstić information content (AvgIpc) is 2.29. The first-order valence-corrected chi connectivity index (χ1v) is 5.81. The molecule has 2 nitrogen and oxygen atoms in total. The molecule has 1 aliphatic carbocycles. The lowest BCUT2D eigenvalue weighted by atomic mass is 9.90. The molecule has 1 heterocycles. The van der Waals surface area contributed by atoms with Gasteiger partial charge in [0.05, 0.1) is 17.3 Å². The molecule has 1 aromatic heterocycles. The number of aromatic nitrogens is 1. The van der Waals surface area contributed by atoms with Gasteiger partial charge in [0, 0.05) is 6.20 Å². The predicted molar refractivity (Wildman–Crippen MR) is 66.0 cm³/mol. The van der Waals surface area contributed by atoms with Gasteiger partial charge in [-0.15, -0.1) is 6.42 Å².